The maximum absolute atomic E-state index is 12.8. The summed E-state index contributed by atoms with van der Waals surface area (Å²) in [5.41, 5.74) is 1.10. The molecule has 1 aliphatic rings. The second-order valence-electron chi connectivity index (χ2n) is 6.07. The number of aryl methyl sites for hydroxylation is 1. The number of piperidine rings is 1. The molecular weight excluding hydrogens is 326 g/mol. The number of nitrogens with zero attached hydrogens (tertiary/aromatic N) is 2. The first-order valence-electron chi connectivity index (χ1n) is 8.24. The first-order chi connectivity index (χ1) is 11.6. The Morgan fingerprint density at radius 3 is 3.00 bits per heavy atom. The van der Waals surface area contributed by atoms with E-state index in [1.165, 1.54) is 12.3 Å². The van der Waals surface area contributed by atoms with Crippen LogP contribution in [0.25, 0.3) is 0 Å². The number of carbonyl (C=O) groups excluding carboxylic acids is 1. The number of rotatable bonds is 4. The van der Waals surface area contributed by atoms with Crippen LogP contribution in [0.2, 0.25) is 5.02 Å². The van der Waals surface area contributed by atoms with Crippen molar-refractivity contribution in [1.29, 1.82) is 0 Å². The van der Waals surface area contributed by atoms with Gasteiger partial charge in [-0.15, -0.1) is 0 Å². The maximum atomic E-state index is 12.8. The van der Waals surface area contributed by atoms with E-state index in [1.54, 1.807) is 6.20 Å². The van der Waals surface area contributed by atoms with Crippen molar-refractivity contribution >= 4 is 17.5 Å². The van der Waals surface area contributed by atoms with E-state index in [-0.39, 0.29) is 22.5 Å². The van der Waals surface area contributed by atoms with Crippen LogP contribution >= 0.6 is 11.6 Å². The first kappa shape index (κ1) is 16.7. The number of hydrogen-bond acceptors (Lipinski definition) is 3. The van der Waals surface area contributed by atoms with E-state index in [4.69, 9.17) is 11.6 Å². The fraction of sp³-hybridized carbons (Fsp3) is 0.389. The molecule has 1 saturated heterocycles. The minimum absolute atomic E-state index is 0.0443. The molecule has 1 fully saturated rings. The number of aromatic nitrogens is 2. The lowest BCUT2D eigenvalue weighted by atomic mass is 9.96. The Balaban J connectivity index is 1.72. The average Bonchev–Trinajstić information content (AvgIpc) is 2.63. The summed E-state index contributed by atoms with van der Waals surface area (Å²) in [6, 6.07) is 7.54. The number of H-pyrrole nitrogens is 1. The van der Waals surface area contributed by atoms with Gasteiger partial charge in [-0.2, -0.15) is 0 Å². The van der Waals surface area contributed by atoms with Crippen molar-refractivity contribution in [2.75, 3.05) is 6.54 Å². The highest BCUT2D eigenvalue weighted by Gasteiger charge is 2.27. The van der Waals surface area contributed by atoms with Crippen LogP contribution in [0.5, 0.6) is 0 Å². The van der Waals surface area contributed by atoms with E-state index in [1.807, 2.05) is 23.1 Å². The quantitative estimate of drug-likeness (QED) is 0.926. The van der Waals surface area contributed by atoms with Gasteiger partial charge in [0, 0.05) is 30.7 Å². The third-order valence-electron chi connectivity index (χ3n) is 4.45. The molecule has 24 heavy (non-hydrogen) atoms. The molecule has 1 amide bonds. The molecule has 0 aromatic carbocycles. The molecule has 0 bridgehead atoms. The van der Waals surface area contributed by atoms with Crippen LogP contribution < -0.4 is 5.56 Å². The Labute approximate surface area is 145 Å². The zero-order chi connectivity index (χ0) is 16.9. The maximum Gasteiger partial charge on any atom is 0.266 e. The van der Waals surface area contributed by atoms with Gasteiger partial charge < -0.3 is 9.88 Å². The fourth-order valence-corrected chi connectivity index (χ4v) is 3.35. The molecule has 5 nitrogen and oxygen atoms in total. The van der Waals surface area contributed by atoms with Crippen molar-refractivity contribution in [1.82, 2.24) is 14.9 Å². The summed E-state index contributed by atoms with van der Waals surface area (Å²) < 4.78 is 0. The molecule has 1 unspecified atom stereocenters. The Kier molecular flexibility index (Phi) is 5.30. The van der Waals surface area contributed by atoms with Crippen LogP contribution in [0.1, 0.15) is 41.7 Å². The molecule has 1 atom stereocenters. The summed E-state index contributed by atoms with van der Waals surface area (Å²) in [6.45, 7) is 0.739. The molecule has 3 rings (SSSR count). The number of pyridine rings is 2. The molecule has 1 N–H and O–H groups in total. The summed E-state index contributed by atoms with van der Waals surface area (Å²) in [5, 5.41) is 0.0443. The monoisotopic (exact) mass is 345 g/mol. The van der Waals surface area contributed by atoms with Gasteiger partial charge in [-0.3, -0.25) is 14.6 Å². The van der Waals surface area contributed by atoms with Gasteiger partial charge in [0.2, 0.25) is 0 Å². The molecule has 2 aromatic heterocycles. The second kappa shape index (κ2) is 7.62. The van der Waals surface area contributed by atoms with Crippen LogP contribution in [0.4, 0.5) is 0 Å². The summed E-state index contributed by atoms with van der Waals surface area (Å²) in [6.07, 6.45) is 8.10. The minimum atomic E-state index is -0.376. The van der Waals surface area contributed by atoms with E-state index < -0.39 is 0 Å². The minimum Gasteiger partial charge on any atom is -0.336 e. The normalized spacial score (nSPS) is 17.7. The highest BCUT2D eigenvalue weighted by Crippen LogP contribution is 2.23. The third-order valence-corrected chi connectivity index (χ3v) is 4.73. The van der Waals surface area contributed by atoms with Crippen LogP contribution in [-0.2, 0) is 6.42 Å². The molecule has 6 heteroatoms. The Morgan fingerprint density at radius 1 is 1.38 bits per heavy atom. The lowest BCUT2D eigenvalue weighted by molar-refractivity contribution is 0.0601. The molecule has 126 valence electrons. The van der Waals surface area contributed by atoms with Crippen LogP contribution in [-0.4, -0.2) is 33.4 Å². The zero-order valence-electron chi connectivity index (χ0n) is 13.4. The second-order valence-corrected chi connectivity index (χ2v) is 6.48. The lowest BCUT2D eigenvalue weighted by Crippen LogP contribution is -2.44. The SMILES string of the molecule is O=C(c1c[nH]c(=O)c(Cl)c1)N1CCCCC1CCc1ccccn1. The van der Waals surface area contributed by atoms with Gasteiger partial charge in [0.05, 0.1) is 5.56 Å². The molecule has 0 saturated carbocycles. The van der Waals surface area contributed by atoms with Gasteiger partial charge in [0.1, 0.15) is 5.02 Å². The lowest BCUT2D eigenvalue weighted by Gasteiger charge is -2.36. The Bertz CT molecular complexity index is 760. The zero-order valence-corrected chi connectivity index (χ0v) is 14.1. The standard InChI is InChI=1S/C18H20ClN3O2/c19-16-11-13(12-21-17(16)23)18(24)22-10-4-2-6-15(22)8-7-14-5-1-3-9-20-14/h1,3,5,9,11-12,15H,2,4,6-8,10H2,(H,21,23). The Morgan fingerprint density at radius 2 is 2.25 bits per heavy atom. The van der Waals surface area contributed by atoms with Crippen molar-refractivity contribution in [2.24, 2.45) is 0 Å². The number of aromatic amines is 1. The van der Waals surface area contributed by atoms with Crippen molar-refractivity contribution in [3.8, 4) is 0 Å². The molecule has 2 aromatic rings. The van der Waals surface area contributed by atoms with Gasteiger partial charge in [-0.1, -0.05) is 17.7 Å². The van der Waals surface area contributed by atoms with Crippen molar-refractivity contribution in [3.63, 3.8) is 0 Å². The summed E-state index contributed by atoms with van der Waals surface area (Å²) in [5.74, 6) is -0.0705. The van der Waals surface area contributed by atoms with Gasteiger partial charge in [-0.05, 0) is 50.3 Å². The molecule has 0 radical (unpaired) electrons. The van der Waals surface area contributed by atoms with Gasteiger partial charge in [0.15, 0.2) is 0 Å². The van der Waals surface area contributed by atoms with Gasteiger partial charge in [-0.25, -0.2) is 0 Å². The van der Waals surface area contributed by atoms with E-state index in [2.05, 4.69) is 9.97 Å². The fourth-order valence-electron chi connectivity index (χ4n) is 3.17. The van der Waals surface area contributed by atoms with Crippen molar-refractivity contribution < 1.29 is 4.79 Å². The molecule has 1 aliphatic heterocycles. The van der Waals surface area contributed by atoms with Crippen LogP contribution in [0.3, 0.4) is 0 Å². The Hall–Kier alpha value is -2.14. The van der Waals surface area contributed by atoms with E-state index in [0.717, 1.165) is 44.3 Å². The average molecular weight is 346 g/mol. The van der Waals surface area contributed by atoms with Gasteiger partial charge >= 0.3 is 0 Å². The highest BCUT2D eigenvalue weighted by atomic mass is 35.5. The molecule has 0 spiro atoms. The number of halogens is 1. The molecular formula is C18H20ClN3O2. The number of carbonyl (C=O) groups is 1. The van der Waals surface area contributed by atoms with Crippen LogP contribution in [0, 0.1) is 0 Å². The number of hydrogen-bond donors (Lipinski definition) is 1. The summed E-state index contributed by atoms with van der Waals surface area (Å²) in [4.78, 5) is 33.0. The molecule has 3 heterocycles. The smallest absolute Gasteiger partial charge is 0.266 e. The topological polar surface area (TPSA) is 66.1 Å². The predicted octanol–water partition coefficient (Wildman–Crippen LogP) is 3.05. The summed E-state index contributed by atoms with van der Waals surface area (Å²) in [7, 11) is 0. The van der Waals surface area contributed by atoms with E-state index in [0.29, 0.717) is 5.56 Å². The third kappa shape index (κ3) is 3.85. The summed E-state index contributed by atoms with van der Waals surface area (Å²) >= 11 is 5.85. The largest absolute Gasteiger partial charge is 0.336 e. The van der Waals surface area contributed by atoms with Crippen LogP contribution in [0.15, 0.2) is 41.5 Å². The van der Waals surface area contributed by atoms with E-state index >= 15 is 0 Å². The van der Waals surface area contributed by atoms with Crippen molar-refractivity contribution in [3.05, 3.63) is 63.3 Å². The number of amides is 1. The van der Waals surface area contributed by atoms with Crippen molar-refractivity contribution in [2.45, 2.75) is 38.1 Å². The van der Waals surface area contributed by atoms with Gasteiger partial charge in [0.25, 0.3) is 11.5 Å². The number of nitrogens with one attached hydrogen (secondary N) is 1. The predicted molar refractivity (Wildman–Crippen MR) is 93.3 cm³/mol. The van der Waals surface area contributed by atoms with E-state index in [9.17, 15) is 9.59 Å². The highest BCUT2D eigenvalue weighted by molar-refractivity contribution is 6.30. The number of likely N-dealkylation sites (tertiary alicyclic amines) is 1. The first-order valence-corrected chi connectivity index (χ1v) is 8.62. The molecule has 0 aliphatic carbocycles.